The molecule has 2 atom stereocenters. The van der Waals surface area contributed by atoms with E-state index in [0.717, 1.165) is 11.6 Å². The Labute approximate surface area is 123 Å². The number of carboxylic acids is 1. The largest absolute Gasteiger partial charge is 0.478 e. The van der Waals surface area contributed by atoms with E-state index >= 15 is 0 Å². The first-order valence-electron chi connectivity index (χ1n) is 6.91. The number of hydrogen-bond donors (Lipinski definition) is 1. The minimum absolute atomic E-state index is 0.0224. The van der Waals surface area contributed by atoms with Gasteiger partial charge in [0.05, 0.1) is 12.2 Å². The quantitative estimate of drug-likeness (QED) is 0.865. The maximum absolute atomic E-state index is 12.4. The van der Waals surface area contributed by atoms with Gasteiger partial charge in [-0.1, -0.05) is 12.1 Å². The Morgan fingerprint density at radius 2 is 1.76 bits per heavy atom. The summed E-state index contributed by atoms with van der Waals surface area (Å²) in [5, 5.41) is 8.58. The highest BCUT2D eigenvalue weighted by atomic mass is 16.5. The summed E-state index contributed by atoms with van der Waals surface area (Å²) < 4.78 is 5.62. The monoisotopic (exact) mass is 289 g/mol. The van der Waals surface area contributed by atoms with Gasteiger partial charge in [0.2, 0.25) is 0 Å². The van der Waals surface area contributed by atoms with Gasteiger partial charge in [-0.3, -0.25) is 4.79 Å². The molecule has 1 aromatic rings. The maximum Gasteiger partial charge on any atom is 0.328 e. The van der Waals surface area contributed by atoms with Gasteiger partial charge in [0.15, 0.2) is 0 Å². The molecule has 2 unspecified atom stereocenters. The minimum atomic E-state index is -0.994. The van der Waals surface area contributed by atoms with Gasteiger partial charge in [0.1, 0.15) is 0 Å². The number of carbonyl (C=O) groups excluding carboxylic acids is 1. The highest BCUT2D eigenvalue weighted by molar-refractivity contribution is 5.94. The van der Waals surface area contributed by atoms with Gasteiger partial charge in [0, 0.05) is 24.7 Å². The average molecular weight is 289 g/mol. The van der Waals surface area contributed by atoms with E-state index < -0.39 is 5.97 Å². The fraction of sp³-hybridized carbons (Fsp3) is 0.375. The molecule has 112 valence electrons. The van der Waals surface area contributed by atoms with E-state index in [1.807, 2.05) is 13.8 Å². The van der Waals surface area contributed by atoms with Gasteiger partial charge in [-0.2, -0.15) is 0 Å². The Morgan fingerprint density at radius 1 is 1.19 bits per heavy atom. The standard InChI is InChI=1S/C16H19NO4/c1-11-9-17(10-12(2)21-11)16(20)14-6-3-13(4-7-14)5-8-15(18)19/h3-8,11-12H,9-10H2,1-2H3,(H,18,19). The molecule has 1 saturated heterocycles. The van der Waals surface area contributed by atoms with Crippen molar-refractivity contribution in [1.29, 1.82) is 0 Å². The van der Waals surface area contributed by atoms with Crippen LogP contribution < -0.4 is 0 Å². The van der Waals surface area contributed by atoms with E-state index in [4.69, 9.17) is 9.84 Å². The molecular formula is C16H19NO4. The lowest BCUT2D eigenvalue weighted by Gasteiger charge is -2.35. The molecular weight excluding hydrogens is 270 g/mol. The second-order valence-corrected chi connectivity index (χ2v) is 5.26. The molecule has 0 saturated carbocycles. The van der Waals surface area contributed by atoms with Crippen LogP contribution >= 0.6 is 0 Å². The van der Waals surface area contributed by atoms with Crippen molar-refractivity contribution in [3.05, 3.63) is 41.5 Å². The number of carbonyl (C=O) groups is 2. The van der Waals surface area contributed by atoms with Gasteiger partial charge in [-0.05, 0) is 37.6 Å². The van der Waals surface area contributed by atoms with Crippen molar-refractivity contribution in [3.63, 3.8) is 0 Å². The van der Waals surface area contributed by atoms with Gasteiger partial charge < -0.3 is 14.7 Å². The van der Waals surface area contributed by atoms with Crippen LogP contribution in [-0.2, 0) is 9.53 Å². The molecule has 21 heavy (non-hydrogen) atoms. The number of hydrogen-bond acceptors (Lipinski definition) is 3. The molecule has 1 N–H and O–H groups in total. The summed E-state index contributed by atoms with van der Waals surface area (Å²) >= 11 is 0. The molecule has 0 spiro atoms. The number of ether oxygens (including phenoxy) is 1. The number of carboxylic acid groups (broad SMARTS) is 1. The molecule has 0 bridgehead atoms. The Hall–Kier alpha value is -2.14. The molecule has 1 heterocycles. The molecule has 5 nitrogen and oxygen atoms in total. The van der Waals surface area contributed by atoms with Gasteiger partial charge in [-0.25, -0.2) is 4.79 Å². The Morgan fingerprint density at radius 3 is 2.29 bits per heavy atom. The minimum Gasteiger partial charge on any atom is -0.478 e. The maximum atomic E-state index is 12.4. The predicted molar refractivity (Wildman–Crippen MR) is 79.0 cm³/mol. The summed E-state index contributed by atoms with van der Waals surface area (Å²) in [5.41, 5.74) is 1.35. The third-order valence-electron chi connectivity index (χ3n) is 3.28. The third kappa shape index (κ3) is 4.16. The van der Waals surface area contributed by atoms with E-state index in [0.29, 0.717) is 18.7 Å². The van der Waals surface area contributed by atoms with E-state index in [1.54, 1.807) is 29.2 Å². The van der Waals surface area contributed by atoms with E-state index in [1.165, 1.54) is 6.08 Å². The van der Waals surface area contributed by atoms with Crippen molar-refractivity contribution < 1.29 is 19.4 Å². The van der Waals surface area contributed by atoms with Crippen molar-refractivity contribution in [3.8, 4) is 0 Å². The highest BCUT2D eigenvalue weighted by Gasteiger charge is 2.26. The number of rotatable bonds is 3. The molecule has 1 fully saturated rings. The lowest BCUT2D eigenvalue weighted by molar-refractivity contribution is -0.131. The first-order chi connectivity index (χ1) is 9.95. The molecule has 1 aromatic carbocycles. The zero-order valence-corrected chi connectivity index (χ0v) is 12.2. The van der Waals surface area contributed by atoms with Crippen LogP contribution in [0.4, 0.5) is 0 Å². The van der Waals surface area contributed by atoms with Gasteiger partial charge >= 0.3 is 5.97 Å². The molecule has 5 heteroatoms. The summed E-state index contributed by atoms with van der Waals surface area (Å²) in [6, 6.07) is 6.91. The zero-order valence-electron chi connectivity index (χ0n) is 12.2. The molecule has 1 amide bonds. The van der Waals surface area contributed by atoms with Crippen LogP contribution in [0.15, 0.2) is 30.3 Å². The van der Waals surface area contributed by atoms with Crippen LogP contribution in [0.2, 0.25) is 0 Å². The van der Waals surface area contributed by atoms with Crippen LogP contribution in [-0.4, -0.2) is 47.2 Å². The lowest BCUT2D eigenvalue weighted by Crippen LogP contribution is -2.48. The SMILES string of the molecule is CC1CN(C(=O)c2ccc(C=CC(=O)O)cc2)CC(C)O1. The summed E-state index contributed by atoms with van der Waals surface area (Å²) in [6.45, 7) is 5.08. The molecule has 1 aliphatic rings. The fourth-order valence-electron chi connectivity index (χ4n) is 2.43. The van der Waals surface area contributed by atoms with Crippen molar-refractivity contribution >= 4 is 18.0 Å². The summed E-state index contributed by atoms with van der Waals surface area (Å²) in [4.78, 5) is 24.7. The van der Waals surface area contributed by atoms with Gasteiger partial charge in [0.25, 0.3) is 5.91 Å². The zero-order chi connectivity index (χ0) is 15.4. The van der Waals surface area contributed by atoms with E-state index in [9.17, 15) is 9.59 Å². The Balaban J connectivity index is 2.07. The molecule has 0 aliphatic carbocycles. The first-order valence-corrected chi connectivity index (χ1v) is 6.91. The fourth-order valence-corrected chi connectivity index (χ4v) is 2.43. The molecule has 0 aromatic heterocycles. The smallest absolute Gasteiger partial charge is 0.328 e. The van der Waals surface area contributed by atoms with Crippen molar-refractivity contribution in [1.82, 2.24) is 4.90 Å². The van der Waals surface area contributed by atoms with Gasteiger partial charge in [-0.15, -0.1) is 0 Å². The topological polar surface area (TPSA) is 66.8 Å². The summed E-state index contributed by atoms with van der Waals surface area (Å²) in [7, 11) is 0. The summed E-state index contributed by atoms with van der Waals surface area (Å²) in [5.74, 6) is -1.02. The number of benzene rings is 1. The van der Waals surface area contributed by atoms with Crippen molar-refractivity contribution in [2.24, 2.45) is 0 Å². The van der Waals surface area contributed by atoms with Crippen LogP contribution in [0.1, 0.15) is 29.8 Å². The van der Waals surface area contributed by atoms with E-state index in [-0.39, 0.29) is 18.1 Å². The third-order valence-corrected chi connectivity index (χ3v) is 3.28. The normalized spacial score (nSPS) is 22.5. The molecule has 1 aliphatic heterocycles. The predicted octanol–water partition coefficient (Wildman–Crippen LogP) is 2.03. The van der Waals surface area contributed by atoms with Crippen LogP contribution in [0, 0.1) is 0 Å². The Kier molecular flexibility index (Phi) is 4.75. The van der Waals surface area contributed by atoms with E-state index in [2.05, 4.69) is 0 Å². The Bertz CT molecular complexity index is 540. The second-order valence-electron chi connectivity index (χ2n) is 5.26. The van der Waals surface area contributed by atoms with Crippen LogP contribution in [0.5, 0.6) is 0 Å². The number of amides is 1. The summed E-state index contributed by atoms with van der Waals surface area (Å²) in [6.07, 6.45) is 2.64. The second kappa shape index (κ2) is 6.54. The first kappa shape index (κ1) is 15.3. The van der Waals surface area contributed by atoms with Crippen LogP contribution in [0.25, 0.3) is 6.08 Å². The average Bonchev–Trinajstić information content (AvgIpc) is 2.44. The number of morpholine rings is 1. The number of aliphatic carboxylic acids is 1. The molecule has 0 radical (unpaired) electrons. The van der Waals surface area contributed by atoms with Crippen molar-refractivity contribution in [2.45, 2.75) is 26.1 Å². The van der Waals surface area contributed by atoms with Crippen molar-refractivity contribution in [2.75, 3.05) is 13.1 Å². The molecule has 2 rings (SSSR count). The lowest BCUT2D eigenvalue weighted by atomic mass is 10.1. The van der Waals surface area contributed by atoms with Crippen LogP contribution in [0.3, 0.4) is 0 Å². The number of nitrogens with zero attached hydrogens (tertiary/aromatic N) is 1. The highest BCUT2D eigenvalue weighted by Crippen LogP contribution is 2.15.